The first-order valence-electron chi connectivity index (χ1n) is 7.37. The minimum absolute atomic E-state index is 0.122. The van der Waals surface area contributed by atoms with E-state index in [0.29, 0.717) is 13.1 Å². The third kappa shape index (κ3) is 4.03. The van der Waals surface area contributed by atoms with Crippen molar-refractivity contribution in [3.63, 3.8) is 0 Å². The van der Waals surface area contributed by atoms with E-state index >= 15 is 0 Å². The zero-order chi connectivity index (χ0) is 15.2. The molecule has 1 saturated carbocycles. The lowest BCUT2D eigenvalue weighted by atomic mass is 9.84. The Bertz CT molecular complexity index is 486. The van der Waals surface area contributed by atoms with Gasteiger partial charge in [-0.25, -0.2) is 0 Å². The Labute approximate surface area is 125 Å². The first-order valence-corrected chi connectivity index (χ1v) is 7.37. The fraction of sp³-hybridized carbons (Fsp3) is 0.562. The lowest BCUT2D eigenvalue weighted by Crippen LogP contribution is -2.42. The molecule has 0 N–H and O–H groups in total. The number of amides is 1. The summed E-state index contributed by atoms with van der Waals surface area (Å²) in [6.07, 6.45) is 6.46. The molecule has 0 spiro atoms. The molecule has 1 fully saturated rings. The molecule has 2 rings (SSSR count). The summed E-state index contributed by atoms with van der Waals surface area (Å²) in [5.41, 5.74) is 1.02. The first-order chi connectivity index (χ1) is 10.1. The Kier molecular flexibility index (Phi) is 5.31. The van der Waals surface area contributed by atoms with Crippen LogP contribution in [0.4, 0.5) is 0 Å². The predicted octanol–water partition coefficient (Wildman–Crippen LogP) is 2.02. The Morgan fingerprint density at radius 2 is 2.05 bits per heavy atom. The third-order valence-electron chi connectivity index (χ3n) is 3.99. The molecule has 1 aromatic heterocycles. The maximum Gasteiger partial charge on any atom is 0.310 e. The van der Waals surface area contributed by atoms with Crippen LogP contribution in [-0.4, -0.2) is 35.4 Å². The number of carbonyl (C=O) groups excluding carboxylic acids is 2. The summed E-state index contributed by atoms with van der Waals surface area (Å²) >= 11 is 0. The molecule has 1 aliphatic carbocycles. The summed E-state index contributed by atoms with van der Waals surface area (Å²) in [7, 11) is 1.37. The number of rotatable bonds is 6. The molecule has 1 heterocycles. The average molecular weight is 290 g/mol. The molecule has 1 aliphatic rings. The molecule has 5 heteroatoms. The second-order valence-electron chi connectivity index (χ2n) is 5.63. The van der Waals surface area contributed by atoms with Gasteiger partial charge < -0.3 is 9.64 Å². The highest BCUT2D eigenvalue weighted by Gasteiger charge is 2.31. The standard InChI is InChI=1S/C16H22N2O3/c1-12(16(20)21-2)10-18(15(19)14-4-3-5-14)11-13-6-8-17-9-7-13/h6-9,12,14H,3-5,10-11H2,1-2H3. The minimum Gasteiger partial charge on any atom is -0.469 e. The molecular weight excluding hydrogens is 268 g/mol. The number of methoxy groups -OCH3 is 1. The van der Waals surface area contributed by atoms with Gasteiger partial charge in [0.05, 0.1) is 13.0 Å². The number of ether oxygens (including phenoxy) is 1. The molecule has 1 atom stereocenters. The van der Waals surface area contributed by atoms with Crippen LogP contribution in [0, 0.1) is 11.8 Å². The van der Waals surface area contributed by atoms with Gasteiger partial charge in [0.25, 0.3) is 0 Å². The van der Waals surface area contributed by atoms with Gasteiger partial charge >= 0.3 is 5.97 Å². The first kappa shape index (κ1) is 15.5. The second kappa shape index (κ2) is 7.20. The van der Waals surface area contributed by atoms with Crippen molar-refractivity contribution >= 4 is 11.9 Å². The lowest BCUT2D eigenvalue weighted by Gasteiger charge is -2.32. The van der Waals surface area contributed by atoms with Crippen LogP contribution in [0.15, 0.2) is 24.5 Å². The second-order valence-corrected chi connectivity index (χ2v) is 5.63. The molecule has 1 amide bonds. The van der Waals surface area contributed by atoms with Crippen molar-refractivity contribution in [1.82, 2.24) is 9.88 Å². The Hall–Kier alpha value is -1.91. The molecule has 0 aliphatic heterocycles. The summed E-state index contributed by atoms with van der Waals surface area (Å²) in [6.45, 7) is 2.70. The van der Waals surface area contributed by atoms with Crippen molar-refractivity contribution in [3.05, 3.63) is 30.1 Å². The number of hydrogen-bond acceptors (Lipinski definition) is 4. The summed E-state index contributed by atoms with van der Waals surface area (Å²) in [5.74, 6) is -0.331. The molecule has 1 unspecified atom stereocenters. The molecule has 1 aromatic rings. The summed E-state index contributed by atoms with van der Waals surface area (Å²) < 4.78 is 4.76. The smallest absolute Gasteiger partial charge is 0.310 e. The Morgan fingerprint density at radius 1 is 1.38 bits per heavy atom. The van der Waals surface area contributed by atoms with E-state index in [2.05, 4.69) is 4.98 Å². The Balaban J connectivity index is 2.06. The van der Waals surface area contributed by atoms with E-state index in [1.165, 1.54) is 7.11 Å². The van der Waals surface area contributed by atoms with E-state index in [1.807, 2.05) is 12.1 Å². The fourth-order valence-electron chi connectivity index (χ4n) is 2.46. The van der Waals surface area contributed by atoms with Crippen LogP contribution in [-0.2, 0) is 20.9 Å². The van der Waals surface area contributed by atoms with E-state index in [9.17, 15) is 9.59 Å². The molecule has 0 aromatic carbocycles. The molecular formula is C16H22N2O3. The van der Waals surface area contributed by atoms with Gasteiger partial charge in [0.1, 0.15) is 0 Å². The van der Waals surface area contributed by atoms with Gasteiger partial charge in [-0.2, -0.15) is 0 Å². The van der Waals surface area contributed by atoms with Gasteiger partial charge in [0.2, 0.25) is 5.91 Å². The van der Waals surface area contributed by atoms with Gasteiger partial charge in [0, 0.05) is 31.4 Å². The quantitative estimate of drug-likeness (QED) is 0.752. The monoisotopic (exact) mass is 290 g/mol. The Morgan fingerprint density at radius 3 is 2.57 bits per heavy atom. The molecule has 0 bridgehead atoms. The largest absolute Gasteiger partial charge is 0.469 e. The van der Waals surface area contributed by atoms with Crippen LogP contribution in [0.5, 0.6) is 0 Å². The SMILES string of the molecule is COC(=O)C(C)CN(Cc1ccncc1)C(=O)C1CCC1. The minimum atomic E-state index is -0.319. The van der Waals surface area contributed by atoms with Crippen LogP contribution in [0.2, 0.25) is 0 Å². The van der Waals surface area contributed by atoms with E-state index < -0.39 is 0 Å². The number of hydrogen-bond donors (Lipinski definition) is 0. The zero-order valence-corrected chi connectivity index (χ0v) is 12.6. The van der Waals surface area contributed by atoms with E-state index in [4.69, 9.17) is 4.74 Å². The number of esters is 1. The van der Waals surface area contributed by atoms with Crippen molar-refractivity contribution in [2.24, 2.45) is 11.8 Å². The van der Waals surface area contributed by atoms with Gasteiger partial charge in [-0.3, -0.25) is 14.6 Å². The molecule has 5 nitrogen and oxygen atoms in total. The highest BCUT2D eigenvalue weighted by molar-refractivity contribution is 5.80. The maximum absolute atomic E-state index is 12.5. The lowest BCUT2D eigenvalue weighted by molar-refractivity contribution is -0.147. The van der Waals surface area contributed by atoms with E-state index in [-0.39, 0.29) is 23.7 Å². The van der Waals surface area contributed by atoms with Crippen molar-refractivity contribution in [3.8, 4) is 0 Å². The zero-order valence-electron chi connectivity index (χ0n) is 12.6. The van der Waals surface area contributed by atoms with Gasteiger partial charge in [-0.15, -0.1) is 0 Å². The topological polar surface area (TPSA) is 59.5 Å². The average Bonchev–Trinajstić information content (AvgIpc) is 2.44. The van der Waals surface area contributed by atoms with Gasteiger partial charge in [-0.05, 0) is 30.5 Å². The summed E-state index contributed by atoms with van der Waals surface area (Å²) in [6, 6.07) is 3.79. The van der Waals surface area contributed by atoms with E-state index in [1.54, 1.807) is 24.2 Å². The molecule has 0 saturated heterocycles. The number of nitrogens with zero attached hydrogens (tertiary/aromatic N) is 2. The van der Waals surface area contributed by atoms with Crippen molar-refractivity contribution in [1.29, 1.82) is 0 Å². The van der Waals surface area contributed by atoms with Crippen LogP contribution in [0.3, 0.4) is 0 Å². The maximum atomic E-state index is 12.5. The van der Waals surface area contributed by atoms with Crippen molar-refractivity contribution < 1.29 is 14.3 Å². The third-order valence-corrected chi connectivity index (χ3v) is 3.99. The van der Waals surface area contributed by atoms with Crippen molar-refractivity contribution in [2.75, 3.05) is 13.7 Å². The molecule has 21 heavy (non-hydrogen) atoms. The van der Waals surface area contributed by atoms with Gasteiger partial charge in [0.15, 0.2) is 0 Å². The van der Waals surface area contributed by atoms with Crippen LogP contribution >= 0.6 is 0 Å². The van der Waals surface area contributed by atoms with Crippen LogP contribution in [0.25, 0.3) is 0 Å². The molecule has 0 radical (unpaired) electrons. The summed E-state index contributed by atoms with van der Waals surface area (Å²) in [4.78, 5) is 29.9. The molecule has 114 valence electrons. The number of carbonyl (C=O) groups is 2. The normalized spacial score (nSPS) is 15.9. The number of aromatic nitrogens is 1. The predicted molar refractivity (Wildman–Crippen MR) is 78.2 cm³/mol. The van der Waals surface area contributed by atoms with Crippen LogP contribution < -0.4 is 0 Å². The fourth-order valence-corrected chi connectivity index (χ4v) is 2.46. The number of pyridine rings is 1. The van der Waals surface area contributed by atoms with Crippen molar-refractivity contribution in [2.45, 2.75) is 32.7 Å². The highest BCUT2D eigenvalue weighted by atomic mass is 16.5. The van der Waals surface area contributed by atoms with Gasteiger partial charge in [-0.1, -0.05) is 13.3 Å². The van der Waals surface area contributed by atoms with Crippen LogP contribution in [0.1, 0.15) is 31.7 Å². The highest BCUT2D eigenvalue weighted by Crippen LogP contribution is 2.29. The summed E-state index contributed by atoms with van der Waals surface area (Å²) in [5, 5.41) is 0. The van der Waals surface area contributed by atoms with E-state index in [0.717, 1.165) is 24.8 Å².